The van der Waals surface area contributed by atoms with Gasteiger partial charge in [0.1, 0.15) is 5.69 Å². The van der Waals surface area contributed by atoms with Gasteiger partial charge in [0.2, 0.25) is 5.88 Å². The van der Waals surface area contributed by atoms with Crippen LogP contribution in [0.1, 0.15) is 12.8 Å². The minimum atomic E-state index is -0.496. The van der Waals surface area contributed by atoms with Crippen molar-refractivity contribution in [1.29, 1.82) is 0 Å². The average molecular weight is 345 g/mol. The molecule has 1 aliphatic rings. The Morgan fingerprint density at radius 1 is 1.28 bits per heavy atom. The largest absolute Gasteiger partial charge is 0.434 e. The fraction of sp³-hybridized carbons (Fsp3) is 0.333. The van der Waals surface area contributed by atoms with Gasteiger partial charge in [-0.25, -0.2) is 14.2 Å². The summed E-state index contributed by atoms with van der Waals surface area (Å²) in [7, 11) is 1.75. The van der Waals surface area contributed by atoms with Crippen LogP contribution in [0.2, 0.25) is 0 Å². The molecule has 0 spiro atoms. The van der Waals surface area contributed by atoms with Gasteiger partial charge in [0.25, 0.3) is 0 Å². The van der Waals surface area contributed by atoms with Gasteiger partial charge in [0.05, 0.1) is 0 Å². The number of hydrogen-bond acceptors (Lipinski definition) is 4. The molecule has 1 fully saturated rings. The minimum Gasteiger partial charge on any atom is -0.434 e. The number of nitrogens with one attached hydrogen (secondary N) is 1. The molecule has 0 radical (unpaired) electrons. The van der Waals surface area contributed by atoms with Crippen LogP contribution in [0.5, 0.6) is 11.6 Å². The Bertz CT molecular complexity index is 735. The summed E-state index contributed by atoms with van der Waals surface area (Å²) < 4.78 is 24.6. The normalized spacial score (nSPS) is 14.8. The second-order valence-corrected chi connectivity index (χ2v) is 5.77. The maximum absolute atomic E-state index is 13.8. The van der Waals surface area contributed by atoms with Gasteiger partial charge in [-0.15, -0.1) is 0 Å². The lowest BCUT2D eigenvalue weighted by Crippen LogP contribution is -2.42. The molecule has 0 unspecified atom stereocenters. The SMILES string of the molecule is CN(C(=O)Nc1cccnc1Oc1ccccc1F)C1CCOCC1. The van der Waals surface area contributed by atoms with Gasteiger partial charge in [-0.05, 0) is 37.1 Å². The van der Waals surface area contributed by atoms with Crippen molar-refractivity contribution in [2.75, 3.05) is 25.6 Å². The highest BCUT2D eigenvalue weighted by Gasteiger charge is 2.23. The molecule has 7 heteroatoms. The highest BCUT2D eigenvalue weighted by molar-refractivity contribution is 5.90. The molecule has 2 heterocycles. The molecular formula is C18H20FN3O3. The van der Waals surface area contributed by atoms with Gasteiger partial charge in [-0.3, -0.25) is 0 Å². The number of aromatic nitrogens is 1. The van der Waals surface area contributed by atoms with Gasteiger partial charge >= 0.3 is 6.03 Å². The maximum Gasteiger partial charge on any atom is 0.321 e. The number of nitrogens with zero attached hydrogens (tertiary/aromatic N) is 2. The van der Waals surface area contributed by atoms with Crippen molar-refractivity contribution in [3.63, 3.8) is 0 Å². The van der Waals surface area contributed by atoms with Crippen molar-refractivity contribution in [2.24, 2.45) is 0 Å². The number of para-hydroxylation sites is 1. The Balaban J connectivity index is 1.72. The third kappa shape index (κ3) is 4.24. The van der Waals surface area contributed by atoms with Crippen molar-refractivity contribution >= 4 is 11.7 Å². The molecule has 1 saturated heterocycles. The summed E-state index contributed by atoms with van der Waals surface area (Å²) in [6, 6.07) is 9.25. The molecule has 25 heavy (non-hydrogen) atoms. The summed E-state index contributed by atoms with van der Waals surface area (Å²) >= 11 is 0. The molecule has 2 amide bonds. The van der Waals surface area contributed by atoms with Crippen LogP contribution in [0.25, 0.3) is 0 Å². The smallest absolute Gasteiger partial charge is 0.321 e. The first-order valence-electron chi connectivity index (χ1n) is 8.14. The third-order valence-corrected chi connectivity index (χ3v) is 4.11. The van der Waals surface area contributed by atoms with E-state index in [1.54, 1.807) is 36.2 Å². The number of rotatable bonds is 4. The molecule has 0 saturated carbocycles. The van der Waals surface area contributed by atoms with Gasteiger partial charge in [-0.2, -0.15) is 0 Å². The van der Waals surface area contributed by atoms with E-state index in [1.807, 2.05) is 0 Å². The predicted octanol–water partition coefficient (Wildman–Crippen LogP) is 3.66. The van der Waals surface area contributed by atoms with Crippen molar-refractivity contribution in [3.05, 3.63) is 48.4 Å². The van der Waals surface area contributed by atoms with E-state index < -0.39 is 5.82 Å². The van der Waals surface area contributed by atoms with Gasteiger partial charge < -0.3 is 19.7 Å². The standard InChI is InChI=1S/C18H20FN3O3/c1-22(13-8-11-24-12-9-13)18(23)21-15-6-4-10-20-17(15)25-16-7-3-2-5-14(16)19/h2-7,10,13H,8-9,11-12H2,1H3,(H,21,23). The van der Waals surface area contributed by atoms with Crippen LogP contribution in [0.4, 0.5) is 14.9 Å². The highest BCUT2D eigenvalue weighted by Crippen LogP contribution is 2.28. The summed E-state index contributed by atoms with van der Waals surface area (Å²) in [5, 5.41) is 2.78. The highest BCUT2D eigenvalue weighted by atomic mass is 19.1. The van der Waals surface area contributed by atoms with Crippen LogP contribution in [-0.4, -0.2) is 42.2 Å². The van der Waals surface area contributed by atoms with E-state index in [4.69, 9.17) is 9.47 Å². The zero-order valence-corrected chi connectivity index (χ0v) is 13.9. The number of anilines is 1. The fourth-order valence-corrected chi connectivity index (χ4v) is 2.64. The maximum atomic E-state index is 13.8. The minimum absolute atomic E-state index is 0.0504. The lowest BCUT2D eigenvalue weighted by atomic mass is 10.1. The Kier molecular flexibility index (Phi) is 5.45. The lowest BCUT2D eigenvalue weighted by Gasteiger charge is -2.31. The molecule has 1 aliphatic heterocycles. The Morgan fingerprint density at radius 3 is 2.80 bits per heavy atom. The quantitative estimate of drug-likeness (QED) is 0.919. The van der Waals surface area contributed by atoms with E-state index in [0.29, 0.717) is 18.9 Å². The van der Waals surface area contributed by atoms with E-state index in [9.17, 15) is 9.18 Å². The van der Waals surface area contributed by atoms with Gasteiger partial charge in [0.15, 0.2) is 11.6 Å². The first-order chi connectivity index (χ1) is 12.1. The Hall–Kier alpha value is -2.67. The molecular weight excluding hydrogens is 325 g/mol. The lowest BCUT2D eigenvalue weighted by molar-refractivity contribution is 0.0544. The number of ether oxygens (including phenoxy) is 2. The van der Waals surface area contributed by atoms with Crippen LogP contribution in [-0.2, 0) is 4.74 Å². The second-order valence-electron chi connectivity index (χ2n) is 5.77. The van der Waals surface area contributed by atoms with Crippen molar-refractivity contribution in [2.45, 2.75) is 18.9 Å². The number of halogens is 1. The van der Waals surface area contributed by atoms with Crippen LogP contribution < -0.4 is 10.1 Å². The van der Waals surface area contributed by atoms with Crippen LogP contribution in [0.3, 0.4) is 0 Å². The van der Waals surface area contributed by atoms with E-state index in [0.717, 1.165) is 12.8 Å². The third-order valence-electron chi connectivity index (χ3n) is 4.11. The van der Waals surface area contributed by atoms with E-state index in [-0.39, 0.29) is 23.7 Å². The number of amides is 2. The zero-order valence-electron chi connectivity index (χ0n) is 13.9. The summed E-state index contributed by atoms with van der Waals surface area (Å²) in [6.45, 7) is 1.30. The summed E-state index contributed by atoms with van der Waals surface area (Å²) in [6.07, 6.45) is 3.12. The van der Waals surface area contributed by atoms with Crippen molar-refractivity contribution in [1.82, 2.24) is 9.88 Å². The Labute approximate surface area is 145 Å². The number of pyridine rings is 1. The molecule has 2 aromatic rings. The molecule has 1 N–H and O–H groups in total. The number of hydrogen-bond donors (Lipinski definition) is 1. The summed E-state index contributed by atoms with van der Waals surface area (Å²) in [5.41, 5.74) is 0.384. The summed E-state index contributed by atoms with van der Waals surface area (Å²) in [5.74, 6) is -0.305. The number of urea groups is 1. The predicted molar refractivity (Wildman–Crippen MR) is 91.3 cm³/mol. The van der Waals surface area contributed by atoms with Crippen molar-refractivity contribution in [3.8, 4) is 11.6 Å². The van der Waals surface area contributed by atoms with Gasteiger partial charge in [0, 0.05) is 32.5 Å². The van der Waals surface area contributed by atoms with Crippen LogP contribution in [0.15, 0.2) is 42.6 Å². The van der Waals surface area contributed by atoms with E-state index >= 15 is 0 Å². The fourth-order valence-electron chi connectivity index (χ4n) is 2.64. The molecule has 3 rings (SSSR count). The number of benzene rings is 1. The molecule has 1 aromatic carbocycles. The van der Waals surface area contributed by atoms with E-state index in [1.165, 1.54) is 18.3 Å². The molecule has 1 aromatic heterocycles. The number of carbonyl (C=O) groups is 1. The first-order valence-corrected chi connectivity index (χ1v) is 8.14. The summed E-state index contributed by atoms with van der Waals surface area (Å²) in [4.78, 5) is 18.3. The van der Waals surface area contributed by atoms with E-state index in [2.05, 4.69) is 10.3 Å². The molecule has 132 valence electrons. The molecule has 0 bridgehead atoms. The topological polar surface area (TPSA) is 63.7 Å². The first kappa shape index (κ1) is 17.2. The van der Waals surface area contributed by atoms with Gasteiger partial charge in [-0.1, -0.05) is 12.1 Å². The average Bonchev–Trinajstić information content (AvgIpc) is 2.65. The molecule has 0 atom stereocenters. The van der Waals surface area contributed by atoms with Crippen molar-refractivity contribution < 1.29 is 18.7 Å². The Morgan fingerprint density at radius 2 is 2.04 bits per heavy atom. The van der Waals surface area contributed by atoms with Crippen LogP contribution in [0, 0.1) is 5.82 Å². The number of carbonyl (C=O) groups excluding carboxylic acids is 1. The second kappa shape index (κ2) is 7.94. The molecule has 6 nitrogen and oxygen atoms in total. The monoisotopic (exact) mass is 345 g/mol. The van der Waals surface area contributed by atoms with Crippen LogP contribution >= 0.6 is 0 Å². The zero-order chi connectivity index (χ0) is 17.6. The molecule has 0 aliphatic carbocycles.